The molecule has 6 aromatic carbocycles. The van der Waals surface area contributed by atoms with Gasteiger partial charge in [0.1, 0.15) is 5.58 Å². The normalized spacial score (nSPS) is 11.8. The number of fused-ring (bicyclic) bond motifs is 7. The molecule has 1 N–H and O–H groups in total. The summed E-state index contributed by atoms with van der Waals surface area (Å²) in [5, 5.41) is 11.0. The number of hydrogen-bond acceptors (Lipinski definition) is 3. The molecule has 0 saturated heterocycles. The van der Waals surface area contributed by atoms with E-state index < -0.39 is 0 Å². The van der Waals surface area contributed by atoms with Crippen LogP contribution in [0.3, 0.4) is 0 Å². The second kappa shape index (κ2) is 7.95. The predicted octanol–water partition coefficient (Wildman–Crippen LogP) is 10.5. The number of anilines is 2. The van der Waals surface area contributed by atoms with Crippen molar-refractivity contribution in [1.29, 1.82) is 0 Å². The summed E-state index contributed by atoms with van der Waals surface area (Å²) in [5.74, 6) is 0. The lowest BCUT2D eigenvalue weighted by molar-refractivity contribution is 0.670. The largest absolute Gasteiger partial charge is 0.454 e. The second-order valence-corrected chi connectivity index (χ2v) is 10.5. The average molecular weight is 492 g/mol. The standard InChI is InChI=1S/C34H21NOS/c1-2-8-22-19-23(16-15-21(22)7-1)24-17-18-31-27(20-24)33-28(11-6-14-32(33)37-31)35-29-12-5-10-26-25-9-3-4-13-30(25)36-34(26)29/h1-20,35H. The van der Waals surface area contributed by atoms with Gasteiger partial charge in [0, 0.05) is 36.6 Å². The lowest BCUT2D eigenvalue weighted by Gasteiger charge is -2.10. The van der Waals surface area contributed by atoms with Crippen LogP contribution >= 0.6 is 11.3 Å². The molecule has 0 aliphatic carbocycles. The van der Waals surface area contributed by atoms with Gasteiger partial charge in [-0.25, -0.2) is 0 Å². The van der Waals surface area contributed by atoms with Crippen molar-refractivity contribution in [2.45, 2.75) is 0 Å². The summed E-state index contributed by atoms with van der Waals surface area (Å²) in [5.41, 5.74) is 6.33. The number of rotatable bonds is 3. The molecule has 0 aliphatic rings. The van der Waals surface area contributed by atoms with Gasteiger partial charge in [-0.15, -0.1) is 11.3 Å². The smallest absolute Gasteiger partial charge is 0.158 e. The SMILES string of the molecule is c1ccc2cc(-c3ccc4sc5cccc(Nc6cccc7c6oc6ccccc67)c5c4c3)ccc2c1. The summed E-state index contributed by atoms with van der Waals surface area (Å²) >= 11 is 1.84. The molecule has 0 atom stereocenters. The molecule has 0 radical (unpaired) electrons. The van der Waals surface area contributed by atoms with Crippen LogP contribution in [0.25, 0.3) is 64.0 Å². The van der Waals surface area contributed by atoms with E-state index in [1.807, 2.05) is 23.5 Å². The van der Waals surface area contributed by atoms with E-state index in [4.69, 9.17) is 4.42 Å². The third-order valence-electron chi connectivity index (χ3n) is 7.25. The molecular weight excluding hydrogens is 470 g/mol. The molecule has 0 unspecified atom stereocenters. The minimum absolute atomic E-state index is 0.886. The van der Waals surface area contributed by atoms with Gasteiger partial charge in [-0.1, -0.05) is 78.9 Å². The average Bonchev–Trinajstić information content (AvgIpc) is 3.52. The van der Waals surface area contributed by atoms with E-state index in [9.17, 15) is 0 Å². The zero-order valence-corrected chi connectivity index (χ0v) is 20.7. The van der Waals surface area contributed by atoms with Crippen molar-refractivity contribution in [2.75, 3.05) is 5.32 Å². The van der Waals surface area contributed by atoms with Gasteiger partial charge in [-0.3, -0.25) is 0 Å². The Balaban J connectivity index is 1.30. The monoisotopic (exact) mass is 491 g/mol. The van der Waals surface area contributed by atoms with Crippen molar-refractivity contribution < 1.29 is 4.42 Å². The van der Waals surface area contributed by atoms with Gasteiger partial charge >= 0.3 is 0 Å². The van der Waals surface area contributed by atoms with E-state index in [2.05, 4.69) is 115 Å². The van der Waals surface area contributed by atoms with Gasteiger partial charge in [0.2, 0.25) is 0 Å². The van der Waals surface area contributed by atoms with E-state index in [0.29, 0.717) is 0 Å². The molecule has 0 amide bonds. The number of hydrogen-bond donors (Lipinski definition) is 1. The molecule has 37 heavy (non-hydrogen) atoms. The molecule has 0 saturated carbocycles. The number of benzene rings is 6. The van der Waals surface area contributed by atoms with Crippen molar-refractivity contribution in [3.63, 3.8) is 0 Å². The lowest BCUT2D eigenvalue weighted by Crippen LogP contribution is -1.91. The van der Waals surface area contributed by atoms with Crippen LogP contribution in [-0.2, 0) is 0 Å². The van der Waals surface area contributed by atoms with E-state index in [-0.39, 0.29) is 0 Å². The highest BCUT2D eigenvalue weighted by atomic mass is 32.1. The van der Waals surface area contributed by atoms with E-state index in [1.165, 1.54) is 42.1 Å². The first-order valence-electron chi connectivity index (χ1n) is 12.4. The van der Waals surface area contributed by atoms with Crippen LogP contribution < -0.4 is 5.32 Å². The van der Waals surface area contributed by atoms with Crippen LogP contribution in [0.5, 0.6) is 0 Å². The second-order valence-electron chi connectivity index (χ2n) is 9.46. The molecular formula is C34H21NOS. The first-order chi connectivity index (χ1) is 18.3. The molecule has 3 heteroatoms. The summed E-state index contributed by atoms with van der Waals surface area (Å²) in [6.07, 6.45) is 0. The van der Waals surface area contributed by atoms with Crippen LogP contribution in [0, 0.1) is 0 Å². The summed E-state index contributed by atoms with van der Waals surface area (Å²) in [6, 6.07) is 43.1. The van der Waals surface area contributed by atoms with Crippen molar-refractivity contribution in [2.24, 2.45) is 0 Å². The molecule has 0 spiro atoms. The minimum atomic E-state index is 0.886. The molecule has 8 aromatic rings. The van der Waals surface area contributed by atoms with Crippen LogP contribution in [-0.4, -0.2) is 0 Å². The van der Waals surface area contributed by atoms with Crippen molar-refractivity contribution in [3.05, 3.63) is 121 Å². The summed E-state index contributed by atoms with van der Waals surface area (Å²) in [6.45, 7) is 0. The molecule has 2 nitrogen and oxygen atoms in total. The van der Waals surface area contributed by atoms with Crippen LogP contribution in [0.4, 0.5) is 11.4 Å². The molecule has 0 bridgehead atoms. The Bertz CT molecular complexity index is 2130. The number of furan rings is 1. The van der Waals surface area contributed by atoms with E-state index in [1.54, 1.807) is 0 Å². The Kier molecular flexibility index (Phi) is 4.42. The Morgan fingerprint density at radius 3 is 2.24 bits per heavy atom. The van der Waals surface area contributed by atoms with E-state index in [0.717, 1.165) is 33.3 Å². The third kappa shape index (κ3) is 3.25. The fraction of sp³-hybridized carbons (Fsp3) is 0. The molecule has 8 rings (SSSR count). The fourth-order valence-corrected chi connectivity index (χ4v) is 6.58. The first-order valence-corrected chi connectivity index (χ1v) is 13.3. The maximum absolute atomic E-state index is 6.29. The molecule has 0 fully saturated rings. The summed E-state index contributed by atoms with van der Waals surface area (Å²) in [7, 11) is 0. The van der Waals surface area contributed by atoms with Crippen molar-refractivity contribution in [3.8, 4) is 11.1 Å². The van der Waals surface area contributed by atoms with Gasteiger partial charge in [0.25, 0.3) is 0 Å². The lowest BCUT2D eigenvalue weighted by atomic mass is 9.99. The molecule has 0 aliphatic heterocycles. The fourth-order valence-electron chi connectivity index (χ4n) is 5.47. The Morgan fingerprint density at radius 2 is 1.27 bits per heavy atom. The summed E-state index contributed by atoms with van der Waals surface area (Å²) < 4.78 is 8.85. The summed E-state index contributed by atoms with van der Waals surface area (Å²) in [4.78, 5) is 0. The number of para-hydroxylation sites is 2. The van der Waals surface area contributed by atoms with Crippen LogP contribution in [0.15, 0.2) is 126 Å². The zero-order valence-electron chi connectivity index (χ0n) is 19.9. The third-order valence-corrected chi connectivity index (χ3v) is 8.39. The Labute approximate surface area is 217 Å². The van der Waals surface area contributed by atoms with Crippen molar-refractivity contribution in [1.82, 2.24) is 0 Å². The van der Waals surface area contributed by atoms with Crippen LogP contribution in [0.1, 0.15) is 0 Å². The first kappa shape index (κ1) is 20.6. The highest BCUT2D eigenvalue weighted by molar-refractivity contribution is 7.26. The van der Waals surface area contributed by atoms with Crippen molar-refractivity contribution >= 4 is 75.6 Å². The van der Waals surface area contributed by atoms with Gasteiger partial charge < -0.3 is 9.73 Å². The predicted molar refractivity (Wildman–Crippen MR) is 159 cm³/mol. The topological polar surface area (TPSA) is 25.2 Å². The molecule has 2 aromatic heterocycles. The highest BCUT2D eigenvalue weighted by Crippen LogP contribution is 2.42. The van der Waals surface area contributed by atoms with E-state index >= 15 is 0 Å². The zero-order chi connectivity index (χ0) is 24.3. The Hall–Kier alpha value is -4.60. The highest BCUT2D eigenvalue weighted by Gasteiger charge is 2.14. The van der Waals surface area contributed by atoms with Gasteiger partial charge in [-0.05, 0) is 64.4 Å². The van der Waals surface area contributed by atoms with Gasteiger partial charge in [0.15, 0.2) is 5.58 Å². The van der Waals surface area contributed by atoms with Crippen LogP contribution in [0.2, 0.25) is 0 Å². The quantitative estimate of drug-likeness (QED) is 0.266. The molecule has 174 valence electrons. The Morgan fingerprint density at radius 1 is 0.514 bits per heavy atom. The van der Waals surface area contributed by atoms with Gasteiger partial charge in [-0.2, -0.15) is 0 Å². The maximum atomic E-state index is 6.29. The van der Waals surface area contributed by atoms with Gasteiger partial charge in [0.05, 0.1) is 5.69 Å². The number of thiophene rings is 1. The maximum Gasteiger partial charge on any atom is 0.158 e. The minimum Gasteiger partial charge on any atom is -0.454 e. The molecule has 2 heterocycles. The number of nitrogens with one attached hydrogen (secondary N) is 1.